The van der Waals surface area contributed by atoms with Gasteiger partial charge in [0.1, 0.15) is 11.4 Å². The van der Waals surface area contributed by atoms with Crippen LogP contribution in [0.25, 0.3) is 0 Å². The average molecular weight is 347 g/mol. The molecule has 1 aromatic carbocycles. The topological polar surface area (TPSA) is 71.1 Å². The first-order valence-electron chi connectivity index (χ1n) is 8.48. The number of nitrogens with one attached hydrogen (secondary N) is 1. The molecule has 2 fully saturated rings. The van der Waals surface area contributed by atoms with E-state index in [0.29, 0.717) is 13.1 Å². The van der Waals surface area contributed by atoms with Crippen LogP contribution in [0, 0.1) is 0 Å². The Labute approximate surface area is 147 Å². The third kappa shape index (κ3) is 3.81. The van der Waals surface area contributed by atoms with E-state index in [4.69, 9.17) is 9.47 Å². The molecule has 136 valence electrons. The van der Waals surface area contributed by atoms with Gasteiger partial charge < -0.3 is 24.6 Å². The van der Waals surface area contributed by atoms with Crippen molar-refractivity contribution in [3.8, 4) is 5.75 Å². The molecule has 3 rings (SSSR count). The van der Waals surface area contributed by atoms with Gasteiger partial charge in [-0.25, -0.2) is 9.59 Å². The van der Waals surface area contributed by atoms with Crippen LogP contribution in [0.15, 0.2) is 24.3 Å². The number of fused-ring (bicyclic) bond motifs is 2. The number of rotatable bonds is 2. The number of amides is 3. The molecule has 1 N–H and O–H groups in total. The van der Waals surface area contributed by atoms with Gasteiger partial charge in [0.05, 0.1) is 19.2 Å². The summed E-state index contributed by atoms with van der Waals surface area (Å²) < 4.78 is 10.6. The molecule has 2 aliphatic rings. The minimum Gasteiger partial charge on any atom is -0.497 e. The molecule has 25 heavy (non-hydrogen) atoms. The van der Waals surface area contributed by atoms with Crippen molar-refractivity contribution >= 4 is 17.8 Å². The third-order valence-corrected chi connectivity index (χ3v) is 4.47. The SMILES string of the molecule is COc1ccc(NC(=O)N2C[C@@H]3C[C@H]2CN3C(=O)OC(C)(C)C)cc1. The number of likely N-dealkylation sites (tertiary alicyclic amines) is 2. The lowest BCUT2D eigenvalue weighted by Gasteiger charge is -2.35. The number of urea groups is 1. The molecule has 0 unspecified atom stereocenters. The van der Waals surface area contributed by atoms with E-state index in [2.05, 4.69) is 5.32 Å². The Balaban J connectivity index is 1.56. The van der Waals surface area contributed by atoms with Gasteiger partial charge in [0, 0.05) is 18.8 Å². The van der Waals surface area contributed by atoms with Crippen LogP contribution in [0.1, 0.15) is 27.2 Å². The number of carbonyl (C=O) groups excluding carboxylic acids is 2. The Morgan fingerprint density at radius 1 is 1.08 bits per heavy atom. The van der Waals surface area contributed by atoms with Gasteiger partial charge in [-0.1, -0.05) is 0 Å². The standard InChI is InChI=1S/C18H25N3O4/c1-18(2,3)25-17(23)21-11-13-9-14(21)10-20(13)16(22)19-12-5-7-15(24-4)8-6-12/h5-8,13-14H,9-11H2,1-4H3,(H,19,22)/t13-,14-/m0/s1. The normalized spacial score (nSPS) is 22.1. The minimum atomic E-state index is -0.510. The Bertz CT molecular complexity index is 653. The second kappa shape index (κ2) is 6.46. The van der Waals surface area contributed by atoms with Crippen LogP contribution >= 0.6 is 0 Å². The van der Waals surface area contributed by atoms with E-state index in [1.54, 1.807) is 41.2 Å². The van der Waals surface area contributed by atoms with Crippen LogP contribution in [0.3, 0.4) is 0 Å². The summed E-state index contributed by atoms with van der Waals surface area (Å²) in [5.41, 5.74) is 0.210. The maximum atomic E-state index is 12.5. The summed E-state index contributed by atoms with van der Waals surface area (Å²) in [5, 5.41) is 2.90. The van der Waals surface area contributed by atoms with Gasteiger partial charge in [0.25, 0.3) is 0 Å². The number of methoxy groups -OCH3 is 1. The quantitative estimate of drug-likeness (QED) is 0.893. The van der Waals surface area contributed by atoms with E-state index >= 15 is 0 Å². The molecular formula is C18H25N3O4. The van der Waals surface area contributed by atoms with Crippen molar-refractivity contribution in [2.75, 3.05) is 25.5 Å². The van der Waals surface area contributed by atoms with Crippen molar-refractivity contribution in [2.45, 2.75) is 44.9 Å². The number of anilines is 1. The van der Waals surface area contributed by atoms with Gasteiger partial charge in [-0.2, -0.15) is 0 Å². The lowest BCUT2D eigenvalue weighted by atomic mass is 10.2. The zero-order valence-corrected chi connectivity index (χ0v) is 15.1. The summed E-state index contributed by atoms with van der Waals surface area (Å²) in [4.78, 5) is 28.3. The number of piperazine rings is 1. The number of benzene rings is 1. The number of hydrogen-bond acceptors (Lipinski definition) is 4. The Morgan fingerprint density at radius 3 is 2.20 bits per heavy atom. The first-order chi connectivity index (χ1) is 11.8. The highest BCUT2D eigenvalue weighted by atomic mass is 16.6. The lowest BCUT2D eigenvalue weighted by molar-refractivity contribution is 0.0156. The Hall–Kier alpha value is -2.44. The van der Waals surface area contributed by atoms with Gasteiger partial charge in [0.15, 0.2) is 0 Å². The molecule has 7 nitrogen and oxygen atoms in total. The number of hydrogen-bond donors (Lipinski definition) is 1. The lowest BCUT2D eigenvalue weighted by Crippen LogP contribution is -2.52. The fraction of sp³-hybridized carbons (Fsp3) is 0.556. The molecule has 1 aromatic rings. The fourth-order valence-electron chi connectivity index (χ4n) is 3.33. The van der Waals surface area contributed by atoms with Crippen molar-refractivity contribution in [2.24, 2.45) is 0 Å². The van der Waals surface area contributed by atoms with Gasteiger partial charge in [0.2, 0.25) is 0 Å². The van der Waals surface area contributed by atoms with E-state index in [-0.39, 0.29) is 24.2 Å². The van der Waals surface area contributed by atoms with Crippen LogP contribution in [0.2, 0.25) is 0 Å². The van der Waals surface area contributed by atoms with E-state index < -0.39 is 5.60 Å². The smallest absolute Gasteiger partial charge is 0.410 e. The molecule has 0 spiro atoms. The second-order valence-corrected chi connectivity index (χ2v) is 7.49. The molecule has 2 bridgehead atoms. The minimum absolute atomic E-state index is 0.0291. The first kappa shape index (κ1) is 17.4. The van der Waals surface area contributed by atoms with Crippen LogP contribution in [0.4, 0.5) is 15.3 Å². The Kier molecular flexibility index (Phi) is 4.49. The van der Waals surface area contributed by atoms with E-state index in [9.17, 15) is 9.59 Å². The zero-order valence-electron chi connectivity index (χ0n) is 15.1. The first-order valence-corrected chi connectivity index (χ1v) is 8.48. The second-order valence-electron chi connectivity index (χ2n) is 7.49. The highest BCUT2D eigenvalue weighted by molar-refractivity contribution is 5.90. The van der Waals surface area contributed by atoms with Gasteiger partial charge >= 0.3 is 12.1 Å². The van der Waals surface area contributed by atoms with Crippen molar-refractivity contribution < 1.29 is 19.1 Å². The summed E-state index contributed by atoms with van der Waals surface area (Å²) in [6.07, 6.45) is 0.505. The molecule has 3 amide bonds. The third-order valence-electron chi connectivity index (χ3n) is 4.47. The summed E-state index contributed by atoms with van der Waals surface area (Å²) in [6.45, 7) is 6.62. The van der Waals surface area contributed by atoms with Crippen molar-refractivity contribution in [1.29, 1.82) is 0 Å². The molecule has 0 saturated carbocycles. The monoisotopic (exact) mass is 347 g/mol. The van der Waals surface area contributed by atoms with E-state index in [0.717, 1.165) is 17.9 Å². The highest BCUT2D eigenvalue weighted by Gasteiger charge is 2.48. The fourth-order valence-corrected chi connectivity index (χ4v) is 3.33. The van der Waals surface area contributed by atoms with Crippen LogP contribution in [-0.4, -0.2) is 59.8 Å². The maximum absolute atomic E-state index is 12.5. The van der Waals surface area contributed by atoms with E-state index in [1.807, 2.05) is 20.8 Å². The van der Waals surface area contributed by atoms with E-state index in [1.165, 1.54) is 0 Å². The largest absolute Gasteiger partial charge is 0.497 e. The van der Waals surface area contributed by atoms with Gasteiger partial charge in [-0.15, -0.1) is 0 Å². The van der Waals surface area contributed by atoms with Crippen LogP contribution in [0.5, 0.6) is 5.75 Å². The number of nitrogens with zero attached hydrogens (tertiary/aromatic N) is 2. The van der Waals surface area contributed by atoms with Crippen LogP contribution < -0.4 is 10.1 Å². The molecule has 7 heteroatoms. The summed E-state index contributed by atoms with van der Waals surface area (Å²) >= 11 is 0. The number of ether oxygens (including phenoxy) is 2. The molecule has 2 aliphatic heterocycles. The predicted molar refractivity (Wildman–Crippen MR) is 93.9 cm³/mol. The molecule has 0 aromatic heterocycles. The van der Waals surface area contributed by atoms with Crippen molar-refractivity contribution in [3.63, 3.8) is 0 Å². The predicted octanol–water partition coefficient (Wildman–Crippen LogP) is 2.92. The molecule has 2 heterocycles. The summed E-state index contributed by atoms with van der Waals surface area (Å²) in [7, 11) is 1.60. The van der Waals surface area contributed by atoms with Gasteiger partial charge in [-0.3, -0.25) is 0 Å². The molecule has 2 atom stereocenters. The zero-order chi connectivity index (χ0) is 18.2. The average Bonchev–Trinajstić information content (AvgIpc) is 3.14. The molecular weight excluding hydrogens is 322 g/mol. The van der Waals surface area contributed by atoms with Crippen LogP contribution in [-0.2, 0) is 4.74 Å². The molecule has 0 radical (unpaired) electrons. The summed E-state index contributed by atoms with van der Waals surface area (Å²) in [5.74, 6) is 0.742. The Morgan fingerprint density at radius 2 is 1.68 bits per heavy atom. The van der Waals surface area contributed by atoms with Gasteiger partial charge in [-0.05, 0) is 51.5 Å². The van der Waals surface area contributed by atoms with Crippen molar-refractivity contribution in [1.82, 2.24) is 9.80 Å². The molecule has 0 aliphatic carbocycles. The molecule has 2 saturated heterocycles. The highest BCUT2D eigenvalue weighted by Crippen LogP contribution is 2.32. The number of carbonyl (C=O) groups is 2. The van der Waals surface area contributed by atoms with Crippen molar-refractivity contribution in [3.05, 3.63) is 24.3 Å². The maximum Gasteiger partial charge on any atom is 0.410 e. The summed E-state index contributed by atoms with van der Waals surface area (Å²) in [6, 6.07) is 7.14.